The van der Waals surface area contributed by atoms with Crippen molar-refractivity contribution in [1.29, 1.82) is 0 Å². The standard InChI is InChI=1S/C24H22N4O8/c1-13-19(14(2)36-27-13)12-33-20-10-7-17(11-21(20)32-4)24(29)34-15(3)22-25-26-23(35-22)16-5-8-18(9-6-16)28(30)31/h5-11,15H,12H2,1-4H3. The minimum absolute atomic E-state index is 0.0589. The Kier molecular flexibility index (Phi) is 6.95. The van der Waals surface area contributed by atoms with E-state index >= 15 is 0 Å². The number of nitro groups is 1. The maximum atomic E-state index is 12.7. The molecule has 0 N–H and O–H groups in total. The zero-order valence-corrected chi connectivity index (χ0v) is 19.9. The van der Waals surface area contributed by atoms with E-state index in [2.05, 4.69) is 15.4 Å². The molecule has 0 spiro atoms. The van der Waals surface area contributed by atoms with Crippen LogP contribution in [0.4, 0.5) is 5.69 Å². The molecule has 12 nitrogen and oxygen atoms in total. The summed E-state index contributed by atoms with van der Waals surface area (Å²) in [6.07, 6.45) is -0.849. The van der Waals surface area contributed by atoms with Crippen molar-refractivity contribution in [2.24, 2.45) is 0 Å². The average Bonchev–Trinajstić information content (AvgIpc) is 3.49. The fourth-order valence-electron chi connectivity index (χ4n) is 3.29. The van der Waals surface area contributed by atoms with Gasteiger partial charge < -0.3 is 23.2 Å². The van der Waals surface area contributed by atoms with Crippen LogP contribution in [-0.4, -0.2) is 33.4 Å². The SMILES string of the molecule is COc1cc(C(=O)OC(C)c2nnc(-c3ccc([N+](=O)[O-])cc3)o2)ccc1OCc1c(C)noc1C. The number of hydrogen-bond donors (Lipinski definition) is 0. The van der Waals surface area contributed by atoms with Crippen LogP contribution in [0, 0.1) is 24.0 Å². The van der Waals surface area contributed by atoms with E-state index in [4.69, 9.17) is 23.2 Å². The second kappa shape index (κ2) is 10.3. The predicted molar refractivity (Wildman–Crippen MR) is 124 cm³/mol. The minimum Gasteiger partial charge on any atom is -0.493 e. The molecule has 1 atom stereocenters. The lowest BCUT2D eigenvalue weighted by atomic mass is 10.2. The van der Waals surface area contributed by atoms with Crippen LogP contribution in [0.1, 0.15) is 46.3 Å². The van der Waals surface area contributed by atoms with E-state index in [1.54, 1.807) is 26.0 Å². The predicted octanol–water partition coefficient (Wildman–Crippen LogP) is 4.76. The third kappa shape index (κ3) is 5.17. The molecule has 0 saturated carbocycles. The van der Waals surface area contributed by atoms with Gasteiger partial charge in [-0.3, -0.25) is 10.1 Å². The molecule has 36 heavy (non-hydrogen) atoms. The number of nitro benzene ring substituents is 1. The maximum absolute atomic E-state index is 12.7. The molecule has 0 saturated heterocycles. The van der Waals surface area contributed by atoms with E-state index in [1.165, 1.54) is 37.4 Å². The first-order chi connectivity index (χ1) is 17.3. The number of aromatic nitrogens is 3. The van der Waals surface area contributed by atoms with E-state index in [1.807, 2.05) is 6.92 Å². The Morgan fingerprint density at radius 2 is 1.86 bits per heavy atom. The van der Waals surface area contributed by atoms with Crippen LogP contribution in [-0.2, 0) is 11.3 Å². The first-order valence-electron chi connectivity index (χ1n) is 10.8. The van der Waals surface area contributed by atoms with Crippen LogP contribution in [0.2, 0.25) is 0 Å². The molecule has 2 heterocycles. The highest BCUT2D eigenvalue weighted by Gasteiger charge is 2.22. The highest BCUT2D eigenvalue weighted by molar-refractivity contribution is 5.90. The summed E-state index contributed by atoms with van der Waals surface area (Å²) < 4.78 is 27.4. The van der Waals surface area contributed by atoms with Gasteiger partial charge in [0, 0.05) is 17.7 Å². The van der Waals surface area contributed by atoms with Crippen molar-refractivity contribution in [2.45, 2.75) is 33.5 Å². The van der Waals surface area contributed by atoms with E-state index in [9.17, 15) is 14.9 Å². The summed E-state index contributed by atoms with van der Waals surface area (Å²) in [6.45, 7) is 5.44. The number of esters is 1. The molecule has 0 amide bonds. The Labute approximate surface area is 204 Å². The molecular formula is C24H22N4O8. The minimum atomic E-state index is -0.849. The van der Waals surface area contributed by atoms with Gasteiger partial charge in [-0.05, 0) is 51.1 Å². The second-order valence-corrected chi connectivity index (χ2v) is 7.75. The van der Waals surface area contributed by atoms with Crippen molar-refractivity contribution in [3.8, 4) is 23.0 Å². The number of ether oxygens (including phenoxy) is 3. The molecule has 0 aliphatic carbocycles. The Balaban J connectivity index is 1.42. The third-order valence-corrected chi connectivity index (χ3v) is 5.35. The number of nitrogens with zero attached hydrogens (tertiary/aromatic N) is 4. The molecule has 12 heteroatoms. The quantitative estimate of drug-likeness (QED) is 0.180. The average molecular weight is 494 g/mol. The van der Waals surface area contributed by atoms with Gasteiger partial charge in [0.15, 0.2) is 17.6 Å². The van der Waals surface area contributed by atoms with Crippen molar-refractivity contribution in [2.75, 3.05) is 7.11 Å². The van der Waals surface area contributed by atoms with Gasteiger partial charge in [0.05, 0.1) is 28.9 Å². The molecule has 0 aliphatic heterocycles. The van der Waals surface area contributed by atoms with Crippen LogP contribution < -0.4 is 9.47 Å². The van der Waals surface area contributed by atoms with E-state index < -0.39 is 17.0 Å². The number of carbonyl (C=O) groups is 1. The fraction of sp³-hybridized carbons (Fsp3) is 0.250. The van der Waals surface area contributed by atoms with Crippen LogP contribution in [0.5, 0.6) is 11.5 Å². The zero-order valence-electron chi connectivity index (χ0n) is 19.9. The Morgan fingerprint density at radius 3 is 2.50 bits per heavy atom. The van der Waals surface area contributed by atoms with Crippen molar-refractivity contribution in [3.05, 3.63) is 81.1 Å². The van der Waals surface area contributed by atoms with E-state index in [-0.39, 0.29) is 29.6 Å². The van der Waals surface area contributed by atoms with Crippen molar-refractivity contribution >= 4 is 11.7 Å². The van der Waals surface area contributed by atoms with E-state index in [0.717, 1.165) is 11.3 Å². The molecular weight excluding hydrogens is 472 g/mol. The Hall–Kier alpha value is -4.74. The summed E-state index contributed by atoms with van der Waals surface area (Å²) >= 11 is 0. The second-order valence-electron chi connectivity index (χ2n) is 7.75. The topological polar surface area (TPSA) is 153 Å². The van der Waals surface area contributed by atoms with Crippen molar-refractivity contribution in [3.63, 3.8) is 0 Å². The van der Waals surface area contributed by atoms with Crippen LogP contribution in [0.25, 0.3) is 11.5 Å². The van der Waals surface area contributed by atoms with Crippen LogP contribution in [0.15, 0.2) is 51.4 Å². The lowest BCUT2D eigenvalue weighted by Gasteiger charge is -2.13. The molecule has 2 aromatic heterocycles. The maximum Gasteiger partial charge on any atom is 0.339 e. The lowest BCUT2D eigenvalue weighted by molar-refractivity contribution is -0.384. The smallest absolute Gasteiger partial charge is 0.339 e. The third-order valence-electron chi connectivity index (χ3n) is 5.35. The highest BCUT2D eigenvalue weighted by atomic mass is 16.6. The molecule has 0 fully saturated rings. The van der Waals surface area contributed by atoms with Gasteiger partial charge in [-0.2, -0.15) is 0 Å². The van der Waals surface area contributed by atoms with Crippen molar-refractivity contribution in [1.82, 2.24) is 15.4 Å². The number of non-ortho nitro benzene ring substituents is 1. The number of carbonyl (C=O) groups excluding carboxylic acids is 1. The molecule has 2 aromatic carbocycles. The van der Waals surface area contributed by atoms with Gasteiger partial charge in [0.25, 0.3) is 11.6 Å². The summed E-state index contributed by atoms with van der Waals surface area (Å²) in [4.78, 5) is 23.0. The molecule has 1 unspecified atom stereocenters. The molecule has 0 aliphatic rings. The van der Waals surface area contributed by atoms with Gasteiger partial charge in [-0.15, -0.1) is 10.2 Å². The summed E-state index contributed by atoms with van der Waals surface area (Å²) in [6, 6.07) is 10.3. The lowest BCUT2D eigenvalue weighted by Crippen LogP contribution is -2.10. The van der Waals surface area contributed by atoms with Gasteiger partial charge in [-0.25, -0.2) is 4.79 Å². The van der Waals surface area contributed by atoms with Crippen molar-refractivity contribution < 1.29 is 32.9 Å². The Morgan fingerprint density at radius 1 is 1.11 bits per heavy atom. The number of methoxy groups -OCH3 is 1. The summed E-state index contributed by atoms with van der Waals surface area (Å²) in [7, 11) is 1.47. The normalized spacial score (nSPS) is 11.7. The first kappa shape index (κ1) is 24.4. The largest absolute Gasteiger partial charge is 0.493 e. The monoisotopic (exact) mass is 494 g/mol. The van der Waals surface area contributed by atoms with E-state index in [0.29, 0.717) is 22.8 Å². The molecule has 0 radical (unpaired) electrons. The number of rotatable bonds is 9. The molecule has 186 valence electrons. The van der Waals surface area contributed by atoms with Crippen LogP contribution in [0.3, 0.4) is 0 Å². The highest BCUT2D eigenvalue weighted by Crippen LogP contribution is 2.31. The summed E-state index contributed by atoms with van der Waals surface area (Å²) in [5.41, 5.74) is 2.24. The Bertz CT molecular complexity index is 1370. The first-order valence-corrected chi connectivity index (χ1v) is 10.8. The zero-order chi connectivity index (χ0) is 25.8. The van der Waals surface area contributed by atoms with Gasteiger partial charge >= 0.3 is 5.97 Å². The summed E-state index contributed by atoms with van der Waals surface area (Å²) in [5, 5.41) is 22.6. The summed E-state index contributed by atoms with van der Waals surface area (Å²) in [5.74, 6) is 1.03. The van der Waals surface area contributed by atoms with Gasteiger partial charge in [-0.1, -0.05) is 5.16 Å². The number of aryl methyl sites for hydroxylation is 2. The molecule has 0 bridgehead atoms. The van der Waals surface area contributed by atoms with Gasteiger partial charge in [0.1, 0.15) is 12.4 Å². The number of benzene rings is 2. The molecule has 4 rings (SSSR count). The van der Waals surface area contributed by atoms with Gasteiger partial charge in [0.2, 0.25) is 5.89 Å². The fourth-order valence-corrected chi connectivity index (χ4v) is 3.29. The molecule has 4 aromatic rings. The van der Waals surface area contributed by atoms with Crippen LogP contribution >= 0.6 is 0 Å². The number of hydrogen-bond acceptors (Lipinski definition) is 11.